The fourth-order valence-electron chi connectivity index (χ4n) is 1.60. The van der Waals surface area contributed by atoms with Gasteiger partial charge in [-0.1, -0.05) is 17.7 Å². The largest absolute Gasteiger partial charge is 0.239 e. The van der Waals surface area contributed by atoms with Crippen molar-refractivity contribution < 1.29 is 0 Å². The molecule has 0 fully saturated rings. The highest BCUT2D eigenvalue weighted by Crippen LogP contribution is 2.34. The number of nitriles is 1. The van der Waals surface area contributed by atoms with E-state index in [0.29, 0.717) is 6.42 Å². The van der Waals surface area contributed by atoms with E-state index in [9.17, 15) is 0 Å². The number of halogens is 1. The summed E-state index contributed by atoms with van der Waals surface area (Å²) in [5, 5.41) is 9.69. The lowest BCUT2D eigenvalue weighted by Gasteiger charge is -2.03. The van der Waals surface area contributed by atoms with Crippen LogP contribution in [-0.2, 0) is 6.42 Å². The number of benzene rings is 1. The molecule has 2 rings (SSSR count). The van der Waals surface area contributed by atoms with Crippen LogP contribution in [0.15, 0.2) is 22.0 Å². The van der Waals surface area contributed by atoms with Crippen LogP contribution in [0.4, 0.5) is 0 Å². The summed E-state index contributed by atoms with van der Waals surface area (Å²) in [6.45, 7) is 4.15. The molecule has 0 atom stereocenters. The highest BCUT2D eigenvalue weighted by atomic mass is 79.9. The molecule has 0 unspecified atom stereocenters. The van der Waals surface area contributed by atoms with E-state index in [1.165, 1.54) is 11.1 Å². The van der Waals surface area contributed by atoms with Gasteiger partial charge in [0.25, 0.3) is 0 Å². The first-order valence-electron chi connectivity index (χ1n) is 5.21. The van der Waals surface area contributed by atoms with Gasteiger partial charge in [-0.15, -0.1) is 11.3 Å². The number of nitrogens with zero attached hydrogens (tertiary/aromatic N) is 2. The molecular formula is C13H11BrN2S. The van der Waals surface area contributed by atoms with Gasteiger partial charge in [0, 0.05) is 5.56 Å². The molecule has 17 heavy (non-hydrogen) atoms. The third-order valence-corrected chi connectivity index (χ3v) is 4.38. The van der Waals surface area contributed by atoms with Crippen LogP contribution >= 0.6 is 27.3 Å². The standard InChI is InChI=1S/C13H11BrN2S/c1-8-3-4-9(2)10(7-8)13-16-11(5-6-15)12(14)17-13/h3-4,7H,5H2,1-2H3. The second kappa shape index (κ2) is 4.99. The summed E-state index contributed by atoms with van der Waals surface area (Å²) in [5.74, 6) is 0. The fourth-order valence-corrected chi connectivity index (χ4v) is 3.18. The zero-order chi connectivity index (χ0) is 12.4. The van der Waals surface area contributed by atoms with Crippen molar-refractivity contribution in [1.82, 2.24) is 4.98 Å². The van der Waals surface area contributed by atoms with Crippen LogP contribution < -0.4 is 0 Å². The molecule has 0 aliphatic heterocycles. The number of rotatable bonds is 2. The monoisotopic (exact) mass is 306 g/mol. The molecule has 1 heterocycles. The topological polar surface area (TPSA) is 36.7 Å². The van der Waals surface area contributed by atoms with Crippen molar-refractivity contribution in [2.75, 3.05) is 0 Å². The van der Waals surface area contributed by atoms with Gasteiger partial charge in [0.2, 0.25) is 0 Å². The normalized spacial score (nSPS) is 10.2. The fraction of sp³-hybridized carbons (Fsp3) is 0.231. The van der Waals surface area contributed by atoms with Crippen LogP contribution in [0, 0.1) is 25.2 Å². The first-order chi connectivity index (χ1) is 8.11. The van der Waals surface area contributed by atoms with E-state index in [2.05, 4.69) is 59.0 Å². The van der Waals surface area contributed by atoms with Crippen molar-refractivity contribution >= 4 is 27.3 Å². The Morgan fingerprint density at radius 3 is 2.88 bits per heavy atom. The van der Waals surface area contributed by atoms with E-state index < -0.39 is 0 Å². The third kappa shape index (κ3) is 2.56. The van der Waals surface area contributed by atoms with Gasteiger partial charge in [0.1, 0.15) is 5.01 Å². The Kier molecular flexibility index (Phi) is 3.60. The van der Waals surface area contributed by atoms with Gasteiger partial charge in [-0.3, -0.25) is 0 Å². The van der Waals surface area contributed by atoms with E-state index in [1.807, 2.05) is 0 Å². The second-order valence-electron chi connectivity index (χ2n) is 3.89. The van der Waals surface area contributed by atoms with E-state index >= 15 is 0 Å². The van der Waals surface area contributed by atoms with Gasteiger partial charge in [0.05, 0.1) is 22.0 Å². The molecule has 86 valence electrons. The third-order valence-electron chi connectivity index (χ3n) is 2.52. The molecular weight excluding hydrogens is 296 g/mol. The van der Waals surface area contributed by atoms with Crippen LogP contribution in [0.3, 0.4) is 0 Å². The minimum absolute atomic E-state index is 0.349. The number of hydrogen-bond acceptors (Lipinski definition) is 3. The molecule has 0 amide bonds. The zero-order valence-electron chi connectivity index (χ0n) is 9.62. The highest BCUT2D eigenvalue weighted by molar-refractivity contribution is 9.11. The van der Waals surface area contributed by atoms with Gasteiger partial charge in [-0.05, 0) is 41.4 Å². The minimum Gasteiger partial charge on any atom is -0.239 e. The van der Waals surface area contributed by atoms with Crippen molar-refractivity contribution in [1.29, 1.82) is 5.26 Å². The average molecular weight is 307 g/mol. The Morgan fingerprint density at radius 1 is 1.41 bits per heavy atom. The van der Waals surface area contributed by atoms with E-state index in [0.717, 1.165) is 20.1 Å². The van der Waals surface area contributed by atoms with Gasteiger partial charge in [-0.25, -0.2) is 4.98 Å². The molecule has 0 N–H and O–H groups in total. The molecule has 2 nitrogen and oxygen atoms in total. The quantitative estimate of drug-likeness (QED) is 0.831. The number of hydrogen-bond donors (Lipinski definition) is 0. The first-order valence-corrected chi connectivity index (χ1v) is 6.82. The molecule has 2 aromatic rings. The molecule has 4 heteroatoms. The molecule has 0 saturated carbocycles. The highest BCUT2D eigenvalue weighted by Gasteiger charge is 2.12. The molecule has 0 saturated heterocycles. The maximum absolute atomic E-state index is 8.72. The Bertz CT molecular complexity index is 596. The summed E-state index contributed by atoms with van der Waals surface area (Å²) in [6.07, 6.45) is 0.349. The van der Waals surface area contributed by atoms with Gasteiger partial charge >= 0.3 is 0 Å². The predicted octanol–water partition coefficient (Wildman–Crippen LogP) is 4.26. The summed E-state index contributed by atoms with van der Waals surface area (Å²) in [7, 11) is 0. The van der Waals surface area contributed by atoms with Crippen molar-refractivity contribution in [3.05, 3.63) is 38.8 Å². The number of thiazole rings is 1. The Morgan fingerprint density at radius 2 is 2.18 bits per heavy atom. The molecule has 0 aliphatic rings. The Labute approximate surface area is 113 Å². The molecule has 0 bridgehead atoms. The predicted molar refractivity (Wildman–Crippen MR) is 74.0 cm³/mol. The summed E-state index contributed by atoms with van der Waals surface area (Å²) in [5.41, 5.74) is 4.41. The summed E-state index contributed by atoms with van der Waals surface area (Å²) < 4.78 is 0.954. The van der Waals surface area contributed by atoms with E-state index in [4.69, 9.17) is 5.26 Å². The smallest absolute Gasteiger partial charge is 0.125 e. The first kappa shape index (κ1) is 12.3. The molecule has 0 spiro atoms. The van der Waals surface area contributed by atoms with Crippen LogP contribution in [0.25, 0.3) is 10.6 Å². The Hall–Kier alpha value is -1.18. The van der Waals surface area contributed by atoms with Crippen molar-refractivity contribution in [3.63, 3.8) is 0 Å². The van der Waals surface area contributed by atoms with Gasteiger partial charge < -0.3 is 0 Å². The van der Waals surface area contributed by atoms with Crippen LogP contribution in [-0.4, -0.2) is 4.98 Å². The molecule has 1 aromatic carbocycles. The second-order valence-corrected chi connectivity index (χ2v) is 6.21. The Balaban J connectivity index is 2.50. The number of aryl methyl sites for hydroxylation is 2. The lowest BCUT2D eigenvalue weighted by Crippen LogP contribution is -1.86. The minimum atomic E-state index is 0.349. The van der Waals surface area contributed by atoms with Crippen molar-refractivity contribution in [3.8, 4) is 16.6 Å². The van der Waals surface area contributed by atoms with E-state index in [-0.39, 0.29) is 0 Å². The lowest BCUT2D eigenvalue weighted by molar-refractivity contribution is 1.15. The molecule has 0 aliphatic carbocycles. The summed E-state index contributed by atoms with van der Waals surface area (Å²) >= 11 is 5.05. The maximum Gasteiger partial charge on any atom is 0.125 e. The summed E-state index contributed by atoms with van der Waals surface area (Å²) in [4.78, 5) is 4.52. The molecule has 1 aromatic heterocycles. The average Bonchev–Trinajstić information content (AvgIpc) is 2.64. The van der Waals surface area contributed by atoms with Crippen LogP contribution in [0.1, 0.15) is 16.8 Å². The molecule has 0 radical (unpaired) electrons. The van der Waals surface area contributed by atoms with Crippen LogP contribution in [0.2, 0.25) is 0 Å². The van der Waals surface area contributed by atoms with Crippen molar-refractivity contribution in [2.45, 2.75) is 20.3 Å². The van der Waals surface area contributed by atoms with E-state index in [1.54, 1.807) is 11.3 Å². The lowest BCUT2D eigenvalue weighted by atomic mass is 10.1. The SMILES string of the molecule is Cc1ccc(C)c(-c2nc(CC#N)c(Br)s2)c1. The maximum atomic E-state index is 8.72. The van der Waals surface area contributed by atoms with Crippen LogP contribution in [0.5, 0.6) is 0 Å². The zero-order valence-corrected chi connectivity index (χ0v) is 12.0. The van der Waals surface area contributed by atoms with Gasteiger partial charge in [0.15, 0.2) is 0 Å². The number of aromatic nitrogens is 1. The van der Waals surface area contributed by atoms with Gasteiger partial charge in [-0.2, -0.15) is 5.26 Å². The van der Waals surface area contributed by atoms with Crippen molar-refractivity contribution in [2.24, 2.45) is 0 Å². The summed E-state index contributed by atoms with van der Waals surface area (Å²) in [6, 6.07) is 8.46.